The predicted octanol–water partition coefficient (Wildman–Crippen LogP) is 3.89. The lowest BCUT2D eigenvalue weighted by Crippen LogP contribution is -2.33. The monoisotopic (exact) mass is 372 g/mol. The number of ether oxygens (including phenoxy) is 3. The standard InChI is InChI=1S/C21H28N2O4/c1-13(24)27-19-16(25-5)9-14(10-17(19)26-6)12-22-23-18-11-15-7-8-21(18,4)20(15,2)3/h9-12,15,23H,7-8H2,1-6H3/b22-12-/t15-,21+/m0/s1. The Morgan fingerprint density at radius 2 is 1.85 bits per heavy atom. The van der Waals surface area contributed by atoms with Gasteiger partial charge in [-0.1, -0.05) is 26.8 Å². The molecule has 27 heavy (non-hydrogen) atoms. The van der Waals surface area contributed by atoms with Crippen molar-refractivity contribution in [1.29, 1.82) is 0 Å². The van der Waals surface area contributed by atoms with Crippen molar-refractivity contribution in [2.45, 2.75) is 40.5 Å². The number of nitrogens with one attached hydrogen (secondary N) is 1. The van der Waals surface area contributed by atoms with Crippen LogP contribution in [0.5, 0.6) is 17.2 Å². The van der Waals surface area contributed by atoms with Crippen molar-refractivity contribution < 1.29 is 19.0 Å². The van der Waals surface area contributed by atoms with E-state index in [0.29, 0.717) is 17.4 Å². The van der Waals surface area contributed by atoms with E-state index < -0.39 is 5.97 Å². The van der Waals surface area contributed by atoms with Crippen LogP contribution in [0.15, 0.2) is 29.0 Å². The van der Waals surface area contributed by atoms with E-state index in [9.17, 15) is 4.79 Å². The van der Waals surface area contributed by atoms with Gasteiger partial charge in [-0.15, -0.1) is 0 Å². The molecule has 2 aliphatic carbocycles. The second-order valence-corrected chi connectivity index (χ2v) is 8.00. The zero-order valence-corrected chi connectivity index (χ0v) is 16.9. The summed E-state index contributed by atoms with van der Waals surface area (Å²) in [4.78, 5) is 11.3. The molecule has 6 heteroatoms. The van der Waals surface area contributed by atoms with Crippen LogP contribution in [0.2, 0.25) is 0 Å². The molecule has 1 aromatic carbocycles. The van der Waals surface area contributed by atoms with Crippen LogP contribution in [0.25, 0.3) is 0 Å². The van der Waals surface area contributed by atoms with Crippen molar-refractivity contribution in [3.05, 3.63) is 29.5 Å². The third kappa shape index (κ3) is 3.17. The van der Waals surface area contributed by atoms with Gasteiger partial charge in [-0.3, -0.25) is 10.2 Å². The quantitative estimate of drug-likeness (QED) is 0.355. The maximum absolute atomic E-state index is 11.3. The number of carbonyl (C=O) groups is 1. The normalized spacial score (nSPS) is 25.4. The Balaban J connectivity index is 1.80. The van der Waals surface area contributed by atoms with Crippen molar-refractivity contribution in [2.24, 2.45) is 21.8 Å². The second kappa shape index (κ2) is 6.91. The van der Waals surface area contributed by atoms with Gasteiger partial charge in [-0.05, 0) is 36.3 Å². The lowest BCUT2D eigenvalue weighted by molar-refractivity contribution is -0.132. The molecule has 2 aliphatic rings. The molecule has 0 radical (unpaired) electrons. The molecule has 0 heterocycles. The highest BCUT2D eigenvalue weighted by atomic mass is 16.6. The van der Waals surface area contributed by atoms with Crippen LogP contribution in [-0.4, -0.2) is 26.4 Å². The van der Waals surface area contributed by atoms with E-state index >= 15 is 0 Å². The zero-order valence-electron chi connectivity index (χ0n) is 16.9. The highest BCUT2D eigenvalue weighted by Gasteiger charge is 2.57. The first-order chi connectivity index (χ1) is 12.7. The smallest absolute Gasteiger partial charge is 0.308 e. The average molecular weight is 372 g/mol. The number of fused-ring (bicyclic) bond motifs is 2. The Kier molecular flexibility index (Phi) is 4.93. The second-order valence-electron chi connectivity index (χ2n) is 8.00. The molecule has 1 aromatic rings. The van der Waals surface area contributed by atoms with E-state index in [1.54, 1.807) is 18.3 Å². The fraction of sp³-hybridized carbons (Fsp3) is 0.524. The molecule has 1 N–H and O–H groups in total. The molecule has 6 nitrogen and oxygen atoms in total. The van der Waals surface area contributed by atoms with Gasteiger partial charge in [0, 0.05) is 23.6 Å². The number of esters is 1. The van der Waals surface area contributed by atoms with Crippen LogP contribution in [0.1, 0.15) is 46.1 Å². The molecule has 0 spiro atoms. The van der Waals surface area contributed by atoms with Gasteiger partial charge in [0.05, 0.1) is 20.4 Å². The molecule has 0 aromatic heterocycles. The molecular weight excluding hydrogens is 344 g/mol. The maximum Gasteiger partial charge on any atom is 0.308 e. The molecule has 2 bridgehead atoms. The Morgan fingerprint density at radius 3 is 2.30 bits per heavy atom. The van der Waals surface area contributed by atoms with Crippen LogP contribution in [0.4, 0.5) is 0 Å². The number of rotatable bonds is 6. The molecule has 1 saturated carbocycles. The SMILES string of the molecule is COc1cc(/C=N\NC2=C[C@@H]3CC[C@@]2(C)C3(C)C)cc(OC)c1OC(C)=O. The van der Waals surface area contributed by atoms with Crippen molar-refractivity contribution >= 4 is 12.2 Å². The lowest BCUT2D eigenvalue weighted by Gasteiger charge is -2.36. The average Bonchev–Trinajstić information content (AvgIpc) is 2.95. The fourth-order valence-electron chi connectivity index (χ4n) is 4.25. The number of benzene rings is 1. The van der Waals surface area contributed by atoms with E-state index in [-0.39, 0.29) is 16.6 Å². The largest absolute Gasteiger partial charge is 0.493 e. The Hall–Kier alpha value is -2.50. The first-order valence-corrected chi connectivity index (χ1v) is 9.18. The van der Waals surface area contributed by atoms with Gasteiger partial charge in [0.2, 0.25) is 5.75 Å². The minimum absolute atomic E-state index is 0.129. The Bertz CT molecular complexity index is 787. The van der Waals surface area contributed by atoms with Gasteiger partial charge >= 0.3 is 5.97 Å². The van der Waals surface area contributed by atoms with Crippen LogP contribution in [0.3, 0.4) is 0 Å². The molecule has 0 unspecified atom stereocenters. The number of hydrogen-bond acceptors (Lipinski definition) is 6. The third-order valence-corrected chi connectivity index (χ3v) is 6.39. The maximum atomic E-state index is 11.3. The lowest BCUT2D eigenvalue weighted by atomic mass is 9.69. The highest BCUT2D eigenvalue weighted by molar-refractivity contribution is 5.83. The number of methoxy groups -OCH3 is 2. The molecule has 146 valence electrons. The minimum atomic E-state index is -0.436. The molecule has 2 atom stereocenters. The molecule has 0 aliphatic heterocycles. The van der Waals surface area contributed by atoms with Gasteiger partial charge in [0.1, 0.15) is 0 Å². The number of hydrogen-bond donors (Lipinski definition) is 1. The first-order valence-electron chi connectivity index (χ1n) is 9.18. The zero-order chi connectivity index (χ0) is 19.8. The summed E-state index contributed by atoms with van der Waals surface area (Å²) in [6.45, 7) is 8.32. The molecule has 0 amide bonds. The van der Waals surface area contributed by atoms with E-state index in [4.69, 9.17) is 14.2 Å². The van der Waals surface area contributed by atoms with Crippen molar-refractivity contribution in [1.82, 2.24) is 5.43 Å². The summed E-state index contributed by atoms with van der Waals surface area (Å²) in [6.07, 6.45) is 6.46. The summed E-state index contributed by atoms with van der Waals surface area (Å²) >= 11 is 0. The molecular formula is C21H28N2O4. The van der Waals surface area contributed by atoms with E-state index in [1.165, 1.54) is 39.7 Å². The summed E-state index contributed by atoms with van der Waals surface area (Å²) in [7, 11) is 3.04. The Morgan fingerprint density at radius 1 is 1.22 bits per heavy atom. The van der Waals surface area contributed by atoms with Crippen molar-refractivity contribution in [2.75, 3.05) is 14.2 Å². The van der Waals surface area contributed by atoms with Gasteiger partial charge in [0.25, 0.3) is 0 Å². The predicted molar refractivity (Wildman–Crippen MR) is 104 cm³/mol. The van der Waals surface area contributed by atoms with Crippen molar-refractivity contribution in [3.8, 4) is 17.2 Å². The molecule has 0 saturated heterocycles. The van der Waals surface area contributed by atoms with E-state index in [2.05, 4.69) is 37.4 Å². The van der Waals surface area contributed by atoms with Crippen molar-refractivity contribution in [3.63, 3.8) is 0 Å². The van der Waals surface area contributed by atoms with Gasteiger partial charge < -0.3 is 14.2 Å². The summed E-state index contributed by atoms with van der Waals surface area (Å²) in [5.41, 5.74) is 5.59. The van der Waals surface area contributed by atoms with Gasteiger partial charge in [-0.25, -0.2) is 0 Å². The number of carbonyl (C=O) groups excluding carboxylic acids is 1. The topological polar surface area (TPSA) is 69.2 Å². The number of nitrogens with zero attached hydrogens (tertiary/aromatic N) is 1. The van der Waals surface area contributed by atoms with Crippen LogP contribution < -0.4 is 19.6 Å². The fourth-order valence-corrected chi connectivity index (χ4v) is 4.25. The van der Waals surface area contributed by atoms with E-state index in [1.807, 2.05) is 0 Å². The summed E-state index contributed by atoms with van der Waals surface area (Å²) in [6, 6.07) is 3.51. The molecule has 1 fully saturated rings. The first kappa shape index (κ1) is 19.3. The number of allylic oxidation sites excluding steroid dienone is 2. The van der Waals surface area contributed by atoms with E-state index in [0.717, 1.165) is 5.56 Å². The Labute approximate surface area is 160 Å². The number of hydrazone groups is 1. The minimum Gasteiger partial charge on any atom is -0.493 e. The van der Waals surface area contributed by atoms with Crippen LogP contribution in [-0.2, 0) is 4.79 Å². The van der Waals surface area contributed by atoms with Crippen LogP contribution in [0, 0.1) is 16.7 Å². The highest BCUT2D eigenvalue weighted by Crippen LogP contribution is 2.64. The molecule has 3 rings (SSSR count). The van der Waals surface area contributed by atoms with Gasteiger partial charge in [-0.2, -0.15) is 5.10 Å². The van der Waals surface area contributed by atoms with Crippen LogP contribution >= 0.6 is 0 Å². The summed E-state index contributed by atoms with van der Waals surface area (Å²) < 4.78 is 15.9. The van der Waals surface area contributed by atoms with Gasteiger partial charge in [0.15, 0.2) is 11.5 Å². The summed E-state index contributed by atoms with van der Waals surface area (Å²) in [5, 5.41) is 4.43. The third-order valence-electron chi connectivity index (χ3n) is 6.39. The summed E-state index contributed by atoms with van der Waals surface area (Å²) in [5.74, 6) is 1.26.